The Labute approximate surface area is 142 Å². The number of nitrogens with one attached hydrogen (secondary N) is 2. The summed E-state index contributed by atoms with van der Waals surface area (Å²) < 4.78 is 45.0. The van der Waals surface area contributed by atoms with Crippen molar-refractivity contribution in [2.45, 2.75) is 25.1 Å². The van der Waals surface area contributed by atoms with Crippen molar-refractivity contribution in [3.63, 3.8) is 0 Å². The molecule has 25 heavy (non-hydrogen) atoms. The second kappa shape index (κ2) is 7.14. The lowest BCUT2D eigenvalue weighted by Crippen LogP contribution is -2.34. The Balaban J connectivity index is 1.61. The lowest BCUT2D eigenvalue weighted by atomic mass is 10.2. The summed E-state index contributed by atoms with van der Waals surface area (Å²) in [7, 11) is 0. The molecule has 2 aromatic rings. The standard InChI is InChI=1S/C16H17F3N4O2/c17-16(18,19)11-3-1-4-13(7-11)23-10-12(8-21-23)22-15(24)20-9-14-5-2-6-25-14/h1,3-4,7-8,10,14H,2,5-6,9H2,(H2,20,22,24)/t14-/m0/s1. The number of ether oxygens (including phenoxy) is 1. The molecule has 0 radical (unpaired) electrons. The van der Waals surface area contributed by atoms with Crippen LogP contribution in [0, 0.1) is 0 Å². The minimum Gasteiger partial charge on any atom is -0.376 e. The molecule has 1 saturated heterocycles. The molecule has 0 aliphatic carbocycles. The molecular weight excluding hydrogens is 337 g/mol. The number of aromatic nitrogens is 2. The molecule has 1 aromatic carbocycles. The quantitative estimate of drug-likeness (QED) is 0.886. The van der Waals surface area contributed by atoms with Crippen LogP contribution in [0.1, 0.15) is 18.4 Å². The second-order valence-corrected chi connectivity index (χ2v) is 5.69. The Morgan fingerprint density at radius 3 is 2.96 bits per heavy atom. The van der Waals surface area contributed by atoms with Gasteiger partial charge in [-0.3, -0.25) is 0 Å². The van der Waals surface area contributed by atoms with Crippen LogP contribution in [-0.2, 0) is 10.9 Å². The third-order valence-electron chi connectivity index (χ3n) is 3.79. The molecule has 0 spiro atoms. The van der Waals surface area contributed by atoms with E-state index >= 15 is 0 Å². The van der Waals surface area contributed by atoms with Crippen LogP contribution in [0.3, 0.4) is 0 Å². The summed E-state index contributed by atoms with van der Waals surface area (Å²) in [6.45, 7) is 1.12. The minimum absolute atomic E-state index is 0.0265. The number of alkyl halides is 3. The van der Waals surface area contributed by atoms with Gasteiger partial charge in [-0.25, -0.2) is 9.48 Å². The number of hydrogen-bond acceptors (Lipinski definition) is 3. The van der Waals surface area contributed by atoms with Gasteiger partial charge < -0.3 is 15.4 Å². The van der Waals surface area contributed by atoms with E-state index in [2.05, 4.69) is 15.7 Å². The first kappa shape index (κ1) is 17.3. The minimum atomic E-state index is -4.42. The molecule has 6 nitrogen and oxygen atoms in total. The van der Waals surface area contributed by atoms with Gasteiger partial charge in [0.25, 0.3) is 0 Å². The summed E-state index contributed by atoms with van der Waals surface area (Å²) in [6, 6.07) is 4.38. The number of urea groups is 1. The molecule has 0 unspecified atom stereocenters. The van der Waals surface area contributed by atoms with Crippen LogP contribution >= 0.6 is 0 Å². The van der Waals surface area contributed by atoms with E-state index in [4.69, 9.17) is 4.74 Å². The van der Waals surface area contributed by atoms with Crippen LogP contribution in [0.15, 0.2) is 36.7 Å². The molecule has 1 aliphatic rings. The van der Waals surface area contributed by atoms with Crippen molar-refractivity contribution in [1.82, 2.24) is 15.1 Å². The van der Waals surface area contributed by atoms with Gasteiger partial charge in [0.2, 0.25) is 0 Å². The molecular formula is C16H17F3N4O2. The fourth-order valence-corrected chi connectivity index (χ4v) is 2.54. The molecule has 1 atom stereocenters. The highest BCUT2D eigenvalue weighted by atomic mass is 19.4. The number of hydrogen-bond donors (Lipinski definition) is 2. The van der Waals surface area contributed by atoms with Crippen molar-refractivity contribution < 1.29 is 22.7 Å². The van der Waals surface area contributed by atoms with Crippen molar-refractivity contribution in [3.8, 4) is 5.69 Å². The predicted molar refractivity (Wildman–Crippen MR) is 84.6 cm³/mol. The highest BCUT2D eigenvalue weighted by Crippen LogP contribution is 2.30. The van der Waals surface area contributed by atoms with Crippen molar-refractivity contribution in [1.29, 1.82) is 0 Å². The summed E-state index contributed by atoms with van der Waals surface area (Å²) in [4.78, 5) is 11.8. The summed E-state index contributed by atoms with van der Waals surface area (Å²) in [5.41, 5.74) is -0.130. The maximum absolute atomic E-state index is 12.8. The summed E-state index contributed by atoms with van der Waals surface area (Å²) in [5, 5.41) is 9.26. The van der Waals surface area contributed by atoms with E-state index in [1.807, 2.05) is 0 Å². The number of benzene rings is 1. The smallest absolute Gasteiger partial charge is 0.376 e. The fourth-order valence-electron chi connectivity index (χ4n) is 2.54. The molecule has 2 N–H and O–H groups in total. The summed E-state index contributed by atoms with van der Waals surface area (Å²) in [5.74, 6) is 0. The predicted octanol–water partition coefficient (Wildman–Crippen LogP) is 3.19. The van der Waals surface area contributed by atoms with Gasteiger partial charge in [0.1, 0.15) is 0 Å². The molecule has 0 saturated carbocycles. The van der Waals surface area contributed by atoms with Crippen LogP contribution < -0.4 is 10.6 Å². The van der Waals surface area contributed by atoms with Crippen LogP contribution in [0.4, 0.5) is 23.7 Å². The first-order valence-corrected chi connectivity index (χ1v) is 7.80. The van der Waals surface area contributed by atoms with E-state index in [9.17, 15) is 18.0 Å². The second-order valence-electron chi connectivity index (χ2n) is 5.69. The lowest BCUT2D eigenvalue weighted by Gasteiger charge is -2.10. The highest BCUT2D eigenvalue weighted by molar-refractivity contribution is 5.88. The molecule has 2 amide bonds. The zero-order valence-corrected chi connectivity index (χ0v) is 13.2. The fraction of sp³-hybridized carbons (Fsp3) is 0.375. The number of amides is 2. The van der Waals surface area contributed by atoms with E-state index < -0.39 is 17.8 Å². The highest BCUT2D eigenvalue weighted by Gasteiger charge is 2.30. The first-order chi connectivity index (χ1) is 11.9. The van der Waals surface area contributed by atoms with Gasteiger partial charge in [-0.2, -0.15) is 18.3 Å². The monoisotopic (exact) mass is 354 g/mol. The van der Waals surface area contributed by atoms with Gasteiger partial charge in [-0.15, -0.1) is 0 Å². The van der Waals surface area contributed by atoms with E-state index in [-0.39, 0.29) is 11.8 Å². The Morgan fingerprint density at radius 2 is 2.24 bits per heavy atom. The largest absolute Gasteiger partial charge is 0.416 e. The third kappa shape index (κ3) is 4.50. The lowest BCUT2D eigenvalue weighted by molar-refractivity contribution is -0.137. The van der Waals surface area contributed by atoms with Crippen molar-refractivity contribution in [3.05, 3.63) is 42.2 Å². The third-order valence-corrected chi connectivity index (χ3v) is 3.79. The molecule has 3 rings (SSSR count). The van der Waals surface area contributed by atoms with Crippen LogP contribution in [-0.4, -0.2) is 35.1 Å². The van der Waals surface area contributed by atoms with E-state index in [0.717, 1.165) is 25.0 Å². The van der Waals surface area contributed by atoms with Crippen molar-refractivity contribution in [2.24, 2.45) is 0 Å². The Kier molecular flexibility index (Phi) is 4.93. The maximum atomic E-state index is 12.8. The van der Waals surface area contributed by atoms with Gasteiger partial charge in [-0.1, -0.05) is 6.07 Å². The van der Waals surface area contributed by atoms with Crippen LogP contribution in [0.5, 0.6) is 0 Å². The van der Waals surface area contributed by atoms with Crippen molar-refractivity contribution in [2.75, 3.05) is 18.5 Å². The maximum Gasteiger partial charge on any atom is 0.416 e. The van der Waals surface area contributed by atoms with Crippen molar-refractivity contribution >= 4 is 11.7 Å². The Morgan fingerprint density at radius 1 is 1.40 bits per heavy atom. The summed E-state index contributed by atoms with van der Waals surface area (Å²) >= 11 is 0. The number of halogens is 3. The molecule has 0 bridgehead atoms. The van der Waals surface area contributed by atoms with Gasteiger partial charge in [-0.05, 0) is 31.0 Å². The van der Waals surface area contributed by atoms with E-state index in [1.54, 1.807) is 0 Å². The number of anilines is 1. The average molecular weight is 354 g/mol. The SMILES string of the molecule is O=C(NC[C@@H]1CCCO1)Nc1cnn(-c2cccc(C(F)(F)F)c2)c1. The molecule has 9 heteroatoms. The van der Waals surface area contributed by atoms with Crippen LogP contribution in [0.25, 0.3) is 5.69 Å². The van der Waals surface area contributed by atoms with Gasteiger partial charge in [0.15, 0.2) is 0 Å². The summed E-state index contributed by atoms with van der Waals surface area (Å²) in [6.07, 6.45) is 0.309. The molecule has 1 fully saturated rings. The Bertz CT molecular complexity index is 739. The number of carbonyl (C=O) groups excluding carboxylic acids is 1. The van der Waals surface area contributed by atoms with E-state index in [0.29, 0.717) is 18.8 Å². The molecule has 1 aromatic heterocycles. The first-order valence-electron chi connectivity index (χ1n) is 7.80. The topological polar surface area (TPSA) is 68.2 Å². The van der Waals surface area contributed by atoms with Gasteiger partial charge in [0.05, 0.1) is 35.4 Å². The van der Waals surface area contributed by atoms with Gasteiger partial charge >= 0.3 is 12.2 Å². The molecule has 134 valence electrons. The average Bonchev–Trinajstić information content (AvgIpc) is 3.24. The van der Waals surface area contributed by atoms with E-state index in [1.165, 1.54) is 29.2 Å². The van der Waals surface area contributed by atoms with Crippen LogP contribution in [0.2, 0.25) is 0 Å². The number of nitrogens with zero attached hydrogens (tertiary/aromatic N) is 2. The molecule has 2 heterocycles. The zero-order valence-electron chi connectivity index (χ0n) is 13.2. The molecule has 1 aliphatic heterocycles. The zero-order chi connectivity index (χ0) is 17.9. The number of carbonyl (C=O) groups is 1. The van der Waals surface area contributed by atoms with Gasteiger partial charge in [0, 0.05) is 13.2 Å². The number of rotatable bonds is 4. The normalized spacial score (nSPS) is 17.5. The Hall–Kier alpha value is -2.55.